The normalized spacial score (nSPS) is 15.9. The van der Waals surface area contributed by atoms with Gasteiger partial charge < -0.3 is 14.5 Å². The lowest BCUT2D eigenvalue weighted by atomic mass is 10.2. The second-order valence-electron chi connectivity index (χ2n) is 5.63. The van der Waals surface area contributed by atoms with Gasteiger partial charge in [-0.05, 0) is 32.3 Å². The number of nitrogens with one attached hydrogen (secondary N) is 1. The average molecular weight is 341 g/mol. The maximum Gasteiger partial charge on any atom is 0.254 e. The number of ether oxygens (including phenoxy) is 1. The predicted molar refractivity (Wildman–Crippen MR) is 86.9 cm³/mol. The van der Waals surface area contributed by atoms with Crippen molar-refractivity contribution >= 4 is 15.9 Å². The Morgan fingerprint density at radius 3 is 2.65 bits per heavy atom. The Balaban J connectivity index is 2.10. The average Bonchev–Trinajstić information content (AvgIpc) is 2.54. The number of sulfonamides is 1. The molecule has 1 amide bonds. The van der Waals surface area contributed by atoms with Gasteiger partial charge in [0, 0.05) is 31.7 Å². The largest absolute Gasteiger partial charge is 0.378 e. The van der Waals surface area contributed by atoms with Crippen molar-refractivity contribution in [3.63, 3.8) is 0 Å². The number of rotatable bonds is 6. The molecule has 1 aromatic carbocycles. The minimum absolute atomic E-state index is 0.107. The number of amides is 1. The van der Waals surface area contributed by atoms with E-state index in [2.05, 4.69) is 4.72 Å². The number of carbonyl (C=O) groups is 1. The van der Waals surface area contributed by atoms with Crippen LogP contribution in [0.3, 0.4) is 0 Å². The molecule has 0 aliphatic carbocycles. The van der Waals surface area contributed by atoms with Gasteiger partial charge in [0.1, 0.15) is 0 Å². The van der Waals surface area contributed by atoms with E-state index in [1.165, 1.54) is 12.1 Å². The first-order valence-electron chi connectivity index (χ1n) is 7.51. The highest BCUT2D eigenvalue weighted by atomic mass is 32.2. The Labute approximate surface area is 137 Å². The van der Waals surface area contributed by atoms with E-state index in [-0.39, 0.29) is 10.8 Å². The smallest absolute Gasteiger partial charge is 0.254 e. The minimum atomic E-state index is -3.61. The van der Waals surface area contributed by atoms with Crippen molar-refractivity contribution < 1.29 is 17.9 Å². The molecule has 1 aromatic rings. The fourth-order valence-corrected chi connectivity index (χ4v) is 3.30. The highest BCUT2D eigenvalue weighted by molar-refractivity contribution is 7.89. The summed E-state index contributed by atoms with van der Waals surface area (Å²) in [6, 6.07) is 6.15. The Morgan fingerprint density at radius 2 is 2.00 bits per heavy atom. The van der Waals surface area contributed by atoms with Crippen LogP contribution in [0.5, 0.6) is 0 Å². The molecule has 2 rings (SSSR count). The topological polar surface area (TPSA) is 79.0 Å². The lowest BCUT2D eigenvalue weighted by molar-refractivity contribution is 0.0302. The van der Waals surface area contributed by atoms with Gasteiger partial charge in [0.2, 0.25) is 10.0 Å². The molecule has 0 radical (unpaired) electrons. The summed E-state index contributed by atoms with van der Waals surface area (Å²) in [5.41, 5.74) is 0.377. The number of hydrogen-bond acceptors (Lipinski definition) is 5. The van der Waals surface area contributed by atoms with Crippen molar-refractivity contribution in [2.24, 2.45) is 0 Å². The van der Waals surface area contributed by atoms with Crippen molar-refractivity contribution in [2.75, 3.05) is 53.5 Å². The molecule has 128 valence electrons. The Bertz CT molecular complexity index is 640. The molecule has 1 heterocycles. The van der Waals surface area contributed by atoms with Crippen LogP contribution in [0.25, 0.3) is 0 Å². The van der Waals surface area contributed by atoms with E-state index in [4.69, 9.17) is 4.74 Å². The first-order valence-corrected chi connectivity index (χ1v) is 9.00. The maximum absolute atomic E-state index is 12.4. The number of morpholine rings is 1. The van der Waals surface area contributed by atoms with Gasteiger partial charge in [0.05, 0.1) is 18.1 Å². The van der Waals surface area contributed by atoms with Crippen LogP contribution in [0.2, 0.25) is 0 Å². The van der Waals surface area contributed by atoms with Crippen LogP contribution >= 0.6 is 0 Å². The number of carbonyl (C=O) groups excluding carboxylic acids is 1. The van der Waals surface area contributed by atoms with Gasteiger partial charge in [-0.25, -0.2) is 13.1 Å². The molecule has 7 nitrogen and oxygen atoms in total. The van der Waals surface area contributed by atoms with Crippen LogP contribution in [0, 0.1) is 0 Å². The summed E-state index contributed by atoms with van der Waals surface area (Å²) >= 11 is 0. The second-order valence-corrected chi connectivity index (χ2v) is 7.40. The third kappa shape index (κ3) is 5.00. The standard InChI is InChI=1S/C15H23N3O4S/c1-17(2)7-6-16-23(20,21)14-5-3-4-13(12-14)15(19)18-8-10-22-11-9-18/h3-5,12,16H,6-11H2,1-2H3. The summed E-state index contributed by atoms with van der Waals surface area (Å²) in [6.07, 6.45) is 0. The van der Waals surface area contributed by atoms with Crippen LogP contribution in [-0.4, -0.2) is 77.6 Å². The lowest BCUT2D eigenvalue weighted by Gasteiger charge is -2.27. The third-order valence-electron chi connectivity index (χ3n) is 3.54. The fraction of sp³-hybridized carbons (Fsp3) is 0.533. The summed E-state index contributed by atoms with van der Waals surface area (Å²) < 4.78 is 32.3. The van der Waals surface area contributed by atoms with Crippen molar-refractivity contribution in [3.8, 4) is 0 Å². The van der Waals surface area contributed by atoms with E-state index >= 15 is 0 Å². The molecule has 0 saturated carbocycles. The van der Waals surface area contributed by atoms with E-state index in [1.807, 2.05) is 19.0 Å². The van der Waals surface area contributed by atoms with Crippen molar-refractivity contribution in [1.82, 2.24) is 14.5 Å². The third-order valence-corrected chi connectivity index (χ3v) is 5.00. The monoisotopic (exact) mass is 341 g/mol. The zero-order valence-electron chi connectivity index (χ0n) is 13.5. The molecule has 23 heavy (non-hydrogen) atoms. The Kier molecular flexibility index (Phi) is 6.11. The van der Waals surface area contributed by atoms with Crippen LogP contribution in [0.1, 0.15) is 10.4 Å². The van der Waals surface area contributed by atoms with E-state index in [0.717, 1.165) is 0 Å². The summed E-state index contributed by atoms with van der Waals surface area (Å²) in [4.78, 5) is 16.1. The van der Waals surface area contributed by atoms with Gasteiger partial charge >= 0.3 is 0 Å². The van der Waals surface area contributed by atoms with Crippen molar-refractivity contribution in [3.05, 3.63) is 29.8 Å². The highest BCUT2D eigenvalue weighted by Crippen LogP contribution is 2.14. The summed E-state index contributed by atoms with van der Waals surface area (Å²) in [7, 11) is 0.127. The van der Waals surface area contributed by atoms with Crippen LogP contribution in [0.4, 0.5) is 0 Å². The molecule has 8 heteroatoms. The van der Waals surface area contributed by atoms with Gasteiger partial charge in [-0.15, -0.1) is 0 Å². The molecule has 1 N–H and O–H groups in total. The zero-order chi connectivity index (χ0) is 16.9. The minimum Gasteiger partial charge on any atom is -0.378 e. The zero-order valence-corrected chi connectivity index (χ0v) is 14.3. The summed E-state index contributed by atoms with van der Waals surface area (Å²) in [5.74, 6) is -0.168. The predicted octanol–water partition coefficient (Wildman–Crippen LogP) is -0.00110. The first-order chi connectivity index (χ1) is 10.9. The van der Waals surface area contributed by atoms with E-state index in [1.54, 1.807) is 17.0 Å². The molecular weight excluding hydrogens is 318 g/mol. The molecule has 0 atom stereocenters. The number of nitrogens with zero attached hydrogens (tertiary/aromatic N) is 2. The molecule has 1 aliphatic rings. The first kappa shape index (κ1) is 17.9. The van der Waals surface area contributed by atoms with Crippen molar-refractivity contribution in [2.45, 2.75) is 4.90 Å². The SMILES string of the molecule is CN(C)CCNS(=O)(=O)c1cccc(C(=O)N2CCOCC2)c1. The molecule has 0 spiro atoms. The summed E-state index contributed by atoms with van der Waals surface area (Å²) in [5, 5.41) is 0. The molecular formula is C15H23N3O4S. The second kappa shape index (κ2) is 7.87. The fourth-order valence-electron chi connectivity index (χ4n) is 2.23. The van der Waals surface area contributed by atoms with Crippen LogP contribution in [0.15, 0.2) is 29.2 Å². The van der Waals surface area contributed by atoms with Gasteiger partial charge in [-0.1, -0.05) is 6.07 Å². The maximum atomic E-state index is 12.4. The molecule has 0 aromatic heterocycles. The summed E-state index contributed by atoms with van der Waals surface area (Å²) in [6.45, 7) is 2.99. The number of benzene rings is 1. The Morgan fingerprint density at radius 1 is 1.30 bits per heavy atom. The Hall–Kier alpha value is -1.48. The van der Waals surface area contributed by atoms with E-state index < -0.39 is 10.0 Å². The number of likely N-dealkylation sites (N-methyl/N-ethyl adjacent to an activating group) is 1. The van der Waals surface area contributed by atoms with Crippen molar-refractivity contribution in [1.29, 1.82) is 0 Å². The van der Waals surface area contributed by atoms with Gasteiger partial charge in [0.25, 0.3) is 5.91 Å². The van der Waals surface area contributed by atoms with Gasteiger partial charge in [-0.2, -0.15) is 0 Å². The van der Waals surface area contributed by atoms with Crippen LogP contribution in [-0.2, 0) is 14.8 Å². The quantitative estimate of drug-likeness (QED) is 0.788. The van der Waals surface area contributed by atoms with Crippen LogP contribution < -0.4 is 4.72 Å². The van der Waals surface area contributed by atoms with E-state index in [9.17, 15) is 13.2 Å². The molecule has 1 saturated heterocycles. The van der Waals surface area contributed by atoms with Gasteiger partial charge in [-0.3, -0.25) is 4.79 Å². The molecule has 1 aliphatic heterocycles. The molecule has 1 fully saturated rings. The van der Waals surface area contributed by atoms with Gasteiger partial charge in [0.15, 0.2) is 0 Å². The number of hydrogen-bond donors (Lipinski definition) is 1. The molecule has 0 unspecified atom stereocenters. The van der Waals surface area contributed by atoms with E-state index in [0.29, 0.717) is 45.0 Å². The lowest BCUT2D eigenvalue weighted by Crippen LogP contribution is -2.40. The highest BCUT2D eigenvalue weighted by Gasteiger charge is 2.21. The molecule has 0 bridgehead atoms.